The van der Waals surface area contributed by atoms with E-state index in [1.54, 1.807) is 0 Å². The Morgan fingerprint density at radius 2 is 2.35 bits per heavy atom. The van der Waals surface area contributed by atoms with Crippen LogP contribution in [0.15, 0.2) is 28.7 Å². The first-order valence-corrected chi connectivity index (χ1v) is 6.65. The number of nitrogens with zero attached hydrogens (tertiary/aromatic N) is 1. The Morgan fingerprint density at radius 3 is 3.06 bits per heavy atom. The molecule has 1 aromatic rings. The number of aliphatic hydroxyl groups excluding tert-OH is 1. The summed E-state index contributed by atoms with van der Waals surface area (Å²) in [5.74, 6) is 0.544. The molecule has 1 aliphatic rings. The highest BCUT2D eigenvalue weighted by molar-refractivity contribution is 9.10. The van der Waals surface area contributed by atoms with Gasteiger partial charge in [0.15, 0.2) is 0 Å². The molecule has 1 saturated heterocycles. The van der Waals surface area contributed by atoms with E-state index in [-0.39, 0.29) is 12.5 Å². The van der Waals surface area contributed by atoms with E-state index in [1.807, 2.05) is 29.2 Å². The van der Waals surface area contributed by atoms with E-state index in [0.29, 0.717) is 5.92 Å². The van der Waals surface area contributed by atoms with Crippen LogP contribution in [0.3, 0.4) is 0 Å². The van der Waals surface area contributed by atoms with Crippen molar-refractivity contribution in [2.24, 2.45) is 5.92 Å². The van der Waals surface area contributed by atoms with E-state index in [4.69, 9.17) is 5.11 Å². The van der Waals surface area contributed by atoms with Gasteiger partial charge < -0.3 is 10.0 Å². The molecule has 2 rings (SSSR count). The molecular formula is C13H16BrNO2. The number of likely N-dealkylation sites (tertiary alicyclic amines) is 1. The number of benzene rings is 1. The van der Waals surface area contributed by atoms with Crippen LogP contribution in [0.2, 0.25) is 0 Å². The molecule has 1 aliphatic heterocycles. The van der Waals surface area contributed by atoms with Crippen LogP contribution in [0.5, 0.6) is 0 Å². The predicted molar refractivity (Wildman–Crippen MR) is 69.9 cm³/mol. The van der Waals surface area contributed by atoms with Crippen LogP contribution in [-0.4, -0.2) is 35.6 Å². The second-order valence-electron chi connectivity index (χ2n) is 4.43. The maximum atomic E-state index is 12.2. The highest BCUT2D eigenvalue weighted by atomic mass is 79.9. The second-order valence-corrected chi connectivity index (χ2v) is 5.34. The van der Waals surface area contributed by atoms with Gasteiger partial charge in [0.2, 0.25) is 0 Å². The highest BCUT2D eigenvalue weighted by Crippen LogP contribution is 2.22. The molecule has 3 nitrogen and oxygen atoms in total. The highest BCUT2D eigenvalue weighted by Gasteiger charge is 2.26. The minimum absolute atomic E-state index is 0.0896. The Morgan fingerprint density at radius 1 is 1.53 bits per heavy atom. The zero-order valence-electron chi connectivity index (χ0n) is 9.60. The van der Waals surface area contributed by atoms with Gasteiger partial charge in [0, 0.05) is 29.7 Å². The Bertz CT molecular complexity index is 408. The van der Waals surface area contributed by atoms with Crippen LogP contribution in [0, 0.1) is 5.92 Å². The van der Waals surface area contributed by atoms with Crippen molar-refractivity contribution in [1.29, 1.82) is 0 Å². The van der Waals surface area contributed by atoms with Gasteiger partial charge in [0.25, 0.3) is 5.91 Å². The van der Waals surface area contributed by atoms with Crippen molar-refractivity contribution in [2.75, 3.05) is 19.7 Å². The Labute approximate surface area is 110 Å². The lowest BCUT2D eigenvalue weighted by Gasteiger charge is -2.16. The molecule has 0 bridgehead atoms. The van der Waals surface area contributed by atoms with Gasteiger partial charge in [-0.15, -0.1) is 0 Å². The molecule has 1 N–H and O–H groups in total. The molecule has 0 aliphatic carbocycles. The summed E-state index contributed by atoms with van der Waals surface area (Å²) in [7, 11) is 0. The summed E-state index contributed by atoms with van der Waals surface area (Å²) in [5, 5.41) is 8.90. The third-order valence-corrected chi connectivity index (χ3v) is 3.68. The fraction of sp³-hybridized carbons (Fsp3) is 0.462. The predicted octanol–water partition coefficient (Wildman–Crippen LogP) is 2.29. The molecule has 17 heavy (non-hydrogen) atoms. The number of halogens is 1. The van der Waals surface area contributed by atoms with Crippen LogP contribution >= 0.6 is 15.9 Å². The summed E-state index contributed by atoms with van der Waals surface area (Å²) in [5.41, 5.74) is 0.726. The van der Waals surface area contributed by atoms with Crippen LogP contribution in [0.1, 0.15) is 23.2 Å². The number of hydrogen-bond acceptors (Lipinski definition) is 2. The van der Waals surface area contributed by atoms with E-state index < -0.39 is 0 Å². The van der Waals surface area contributed by atoms with Crippen molar-refractivity contribution in [3.63, 3.8) is 0 Å². The van der Waals surface area contributed by atoms with Gasteiger partial charge in [-0.3, -0.25) is 4.79 Å². The summed E-state index contributed by atoms with van der Waals surface area (Å²) in [6.45, 7) is 1.78. The van der Waals surface area contributed by atoms with Gasteiger partial charge in [0.1, 0.15) is 0 Å². The average Bonchev–Trinajstić information content (AvgIpc) is 2.77. The summed E-state index contributed by atoms with van der Waals surface area (Å²) in [6.07, 6.45) is 1.79. The Hall–Kier alpha value is -0.870. The van der Waals surface area contributed by atoms with E-state index in [0.717, 1.165) is 36.0 Å². The molecule has 1 atom stereocenters. The lowest BCUT2D eigenvalue weighted by atomic mass is 10.1. The molecule has 1 heterocycles. The Kier molecular flexibility index (Phi) is 4.18. The lowest BCUT2D eigenvalue weighted by Crippen LogP contribution is -2.28. The quantitative estimate of drug-likeness (QED) is 0.930. The fourth-order valence-corrected chi connectivity index (χ4v) is 2.64. The normalized spacial score (nSPS) is 19.6. The third kappa shape index (κ3) is 3.07. The third-order valence-electron chi connectivity index (χ3n) is 3.18. The molecule has 0 spiro atoms. The van der Waals surface area contributed by atoms with Gasteiger partial charge in [-0.25, -0.2) is 0 Å². The van der Waals surface area contributed by atoms with Gasteiger partial charge in [-0.1, -0.05) is 22.0 Å². The maximum absolute atomic E-state index is 12.2. The molecule has 1 aromatic carbocycles. The molecule has 1 fully saturated rings. The first-order valence-electron chi connectivity index (χ1n) is 5.86. The van der Waals surface area contributed by atoms with Gasteiger partial charge in [-0.2, -0.15) is 0 Å². The minimum Gasteiger partial charge on any atom is -0.396 e. The standard InChI is InChI=1S/C13H16BrNO2/c14-12-3-1-2-11(8-12)13(17)15-6-4-10(9-15)5-7-16/h1-3,8,10,16H,4-7,9H2. The lowest BCUT2D eigenvalue weighted by molar-refractivity contribution is 0.0784. The van der Waals surface area contributed by atoms with Gasteiger partial charge in [-0.05, 0) is 37.0 Å². The fourth-order valence-electron chi connectivity index (χ4n) is 2.24. The van der Waals surface area contributed by atoms with Gasteiger partial charge in [0.05, 0.1) is 0 Å². The summed E-state index contributed by atoms with van der Waals surface area (Å²) < 4.78 is 0.925. The van der Waals surface area contributed by atoms with E-state index in [1.165, 1.54) is 0 Å². The van der Waals surface area contributed by atoms with Crippen LogP contribution in [0.4, 0.5) is 0 Å². The average molecular weight is 298 g/mol. The molecule has 0 radical (unpaired) electrons. The van der Waals surface area contributed by atoms with E-state index >= 15 is 0 Å². The largest absolute Gasteiger partial charge is 0.396 e. The zero-order valence-corrected chi connectivity index (χ0v) is 11.2. The number of rotatable bonds is 3. The van der Waals surface area contributed by atoms with Crippen molar-refractivity contribution in [2.45, 2.75) is 12.8 Å². The van der Waals surface area contributed by atoms with Crippen molar-refractivity contribution >= 4 is 21.8 Å². The number of amides is 1. The zero-order chi connectivity index (χ0) is 12.3. The summed E-state index contributed by atoms with van der Waals surface area (Å²) in [6, 6.07) is 7.47. The summed E-state index contributed by atoms with van der Waals surface area (Å²) in [4.78, 5) is 14.1. The van der Waals surface area contributed by atoms with Crippen molar-refractivity contribution in [3.05, 3.63) is 34.3 Å². The molecule has 0 saturated carbocycles. The monoisotopic (exact) mass is 297 g/mol. The van der Waals surface area contributed by atoms with Crippen LogP contribution in [0.25, 0.3) is 0 Å². The number of carbonyl (C=O) groups is 1. The minimum atomic E-state index is 0.0896. The van der Waals surface area contributed by atoms with E-state index in [2.05, 4.69) is 15.9 Å². The van der Waals surface area contributed by atoms with E-state index in [9.17, 15) is 4.79 Å². The van der Waals surface area contributed by atoms with Crippen molar-refractivity contribution in [1.82, 2.24) is 4.90 Å². The SMILES string of the molecule is O=C(c1cccc(Br)c1)N1CCC(CCO)C1. The van der Waals surface area contributed by atoms with Gasteiger partial charge >= 0.3 is 0 Å². The van der Waals surface area contributed by atoms with Crippen molar-refractivity contribution < 1.29 is 9.90 Å². The maximum Gasteiger partial charge on any atom is 0.253 e. The molecule has 4 heteroatoms. The molecule has 0 aromatic heterocycles. The van der Waals surface area contributed by atoms with Crippen LogP contribution in [-0.2, 0) is 0 Å². The number of hydrogen-bond donors (Lipinski definition) is 1. The molecule has 92 valence electrons. The first-order chi connectivity index (χ1) is 8.20. The number of aliphatic hydroxyl groups is 1. The molecule has 1 unspecified atom stereocenters. The topological polar surface area (TPSA) is 40.5 Å². The summed E-state index contributed by atoms with van der Waals surface area (Å²) >= 11 is 3.37. The molecular weight excluding hydrogens is 282 g/mol. The van der Waals surface area contributed by atoms with Crippen molar-refractivity contribution in [3.8, 4) is 0 Å². The molecule has 1 amide bonds. The van der Waals surface area contributed by atoms with Crippen LogP contribution < -0.4 is 0 Å². The number of carbonyl (C=O) groups excluding carboxylic acids is 1. The Balaban J connectivity index is 2.02. The smallest absolute Gasteiger partial charge is 0.253 e. The second kappa shape index (κ2) is 5.65. The first kappa shape index (κ1) is 12.6.